The molecule has 138 valence electrons. The smallest absolute Gasteiger partial charge is 0.266 e. The number of thiocarbonyl (C=S) groups is 1. The highest BCUT2D eigenvalue weighted by Crippen LogP contribution is 2.33. The van der Waals surface area contributed by atoms with Crippen LogP contribution in [-0.4, -0.2) is 27.6 Å². The second-order valence-electron chi connectivity index (χ2n) is 5.66. The first-order valence-corrected chi connectivity index (χ1v) is 9.97. The van der Waals surface area contributed by atoms with Crippen molar-refractivity contribution in [1.29, 1.82) is 0 Å². The van der Waals surface area contributed by atoms with Gasteiger partial charge < -0.3 is 5.32 Å². The quantitative estimate of drug-likeness (QED) is 0.515. The number of anilines is 1. The Morgan fingerprint density at radius 3 is 2.70 bits per heavy atom. The fourth-order valence-electron chi connectivity index (χ4n) is 2.43. The molecule has 3 rings (SSSR count). The second kappa shape index (κ2) is 8.89. The van der Waals surface area contributed by atoms with Gasteiger partial charge in [-0.3, -0.25) is 14.5 Å². The SMILES string of the molecule is O=C(CCN1C(=O)C(=Cc2ccccc2Cl)SC1=S)Nc1cccc(Cl)c1. The number of nitrogens with one attached hydrogen (secondary N) is 1. The molecule has 0 unspecified atom stereocenters. The molecule has 2 amide bonds. The van der Waals surface area contributed by atoms with E-state index in [-0.39, 0.29) is 24.8 Å². The topological polar surface area (TPSA) is 49.4 Å². The molecule has 1 heterocycles. The predicted molar refractivity (Wildman–Crippen MR) is 116 cm³/mol. The Kier molecular flexibility index (Phi) is 6.55. The summed E-state index contributed by atoms with van der Waals surface area (Å²) in [5.74, 6) is -0.443. The summed E-state index contributed by atoms with van der Waals surface area (Å²) in [6.45, 7) is 0.205. The average molecular weight is 437 g/mol. The van der Waals surface area contributed by atoms with E-state index >= 15 is 0 Å². The summed E-state index contributed by atoms with van der Waals surface area (Å²) >= 11 is 18.5. The molecule has 1 aliphatic heterocycles. The molecule has 1 aliphatic rings. The van der Waals surface area contributed by atoms with E-state index in [1.165, 1.54) is 16.7 Å². The Bertz CT molecular complexity index is 947. The number of amides is 2. The van der Waals surface area contributed by atoms with E-state index in [1.54, 1.807) is 36.4 Å². The van der Waals surface area contributed by atoms with Gasteiger partial charge in [0, 0.05) is 28.7 Å². The maximum Gasteiger partial charge on any atom is 0.266 e. The van der Waals surface area contributed by atoms with Gasteiger partial charge in [0.05, 0.1) is 4.91 Å². The maximum absolute atomic E-state index is 12.6. The maximum atomic E-state index is 12.6. The van der Waals surface area contributed by atoms with Crippen molar-refractivity contribution in [3.05, 3.63) is 69.0 Å². The van der Waals surface area contributed by atoms with E-state index < -0.39 is 0 Å². The fraction of sp³-hybridized carbons (Fsp3) is 0.105. The molecular weight excluding hydrogens is 423 g/mol. The van der Waals surface area contributed by atoms with Crippen LogP contribution in [-0.2, 0) is 9.59 Å². The van der Waals surface area contributed by atoms with E-state index in [1.807, 2.05) is 18.2 Å². The third kappa shape index (κ3) is 5.11. The van der Waals surface area contributed by atoms with Gasteiger partial charge in [-0.1, -0.05) is 71.4 Å². The zero-order valence-electron chi connectivity index (χ0n) is 13.9. The standard InChI is InChI=1S/C19H14Cl2N2O2S2/c20-13-5-3-6-14(11-13)22-17(24)8-9-23-18(25)16(27-19(23)26)10-12-4-1-2-7-15(12)21/h1-7,10-11H,8-9H2,(H,22,24). The number of carbonyl (C=O) groups excluding carboxylic acids is 2. The van der Waals surface area contributed by atoms with Gasteiger partial charge in [-0.2, -0.15) is 0 Å². The van der Waals surface area contributed by atoms with Crippen molar-refractivity contribution < 1.29 is 9.59 Å². The molecule has 0 radical (unpaired) electrons. The summed E-state index contributed by atoms with van der Waals surface area (Å²) < 4.78 is 0.425. The molecule has 27 heavy (non-hydrogen) atoms. The number of benzene rings is 2. The van der Waals surface area contributed by atoms with E-state index in [9.17, 15) is 9.59 Å². The first-order chi connectivity index (χ1) is 12.9. The fourth-order valence-corrected chi connectivity index (χ4v) is 4.11. The van der Waals surface area contributed by atoms with Crippen LogP contribution in [0.5, 0.6) is 0 Å². The molecule has 2 aromatic carbocycles. The lowest BCUT2D eigenvalue weighted by atomic mass is 10.2. The minimum absolute atomic E-state index is 0.123. The third-order valence-corrected chi connectivity index (χ3v) is 5.69. The Labute approximate surface area is 176 Å². The van der Waals surface area contributed by atoms with Gasteiger partial charge in [-0.15, -0.1) is 0 Å². The second-order valence-corrected chi connectivity index (χ2v) is 8.18. The van der Waals surface area contributed by atoms with Crippen molar-refractivity contribution in [2.75, 3.05) is 11.9 Å². The largest absolute Gasteiger partial charge is 0.326 e. The van der Waals surface area contributed by atoms with E-state index in [4.69, 9.17) is 35.4 Å². The van der Waals surface area contributed by atoms with Crippen LogP contribution < -0.4 is 5.32 Å². The van der Waals surface area contributed by atoms with Crippen molar-refractivity contribution in [2.45, 2.75) is 6.42 Å². The molecule has 0 atom stereocenters. The van der Waals surface area contributed by atoms with Gasteiger partial charge in [0.1, 0.15) is 4.32 Å². The number of carbonyl (C=O) groups is 2. The molecule has 0 spiro atoms. The summed E-state index contributed by atoms with van der Waals surface area (Å²) in [4.78, 5) is 26.7. The number of halogens is 2. The number of hydrogen-bond acceptors (Lipinski definition) is 4. The van der Waals surface area contributed by atoms with Crippen molar-refractivity contribution in [3.8, 4) is 0 Å². The minimum Gasteiger partial charge on any atom is -0.326 e. The molecule has 0 aliphatic carbocycles. The first kappa shape index (κ1) is 19.9. The molecule has 8 heteroatoms. The normalized spacial score (nSPS) is 15.5. The van der Waals surface area contributed by atoms with E-state index in [0.29, 0.717) is 25.0 Å². The van der Waals surface area contributed by atoms with Gasteiger partial charge >= 0.3 is 0 Å². The van der Waals surface area contributed by atoms with Crippen LogP contribution in [0, 0.1) is 0 Å². The van der Waals surface area contributed by atoms with Gasteiger partial charge in [0.25, 0.3) is 5.91 Å². The number of thioether (sulfide) groups is 1. The molecular formula is C19H14Cl2N2O2S2. The van der Waals surface area contributed by atoms with Gasteiger partial charge in [-0.05, 0) is 35.9 Å². The summed E-state index contributed by atoms with van der Waals surface area (Å²) in [5, 5.41) is 3.85. The van der Waals surface area contributed by atoms with Crippen molar-refractivity contribution >= 4 is 75.1 Å². The monoisotopic (exact) mass is 436 g/mol. The third-order valence-electron chi connectivity index (χ3n) is 3.74. The highest BCUT2D eigenvalue weighted by molar-refractivity contribution is 8.26. The average Bonchev–Trinajstić information content (AvgIpc) is 2.88. The molecule has 0 aromatic heterocycles. The van der Waals surface area contributed by atoms with Gasteiger partial charge in [0.15, 0.2) is 0 Å². The highest BCUT2D eigenvalue weighted by Gasteiger charge is 2.32. The zero-order chi connectivity index (χ0) is 19.4. The van der Waals surface area contributed by atoms with E-state index in [2.05, 4.69) is 5.32 Å². The van der Waals surface area contributed by atoms with Crippen LogP contribution in [0.4, 0.5) is 5.69 Å². The number of hydrogen-bond donors (Lipinski definition) is 1. The van der Waals surface area contributed by atoms with Crippen LogP contribution in [0.25, 0.3) is 6.08 Å². The lowest BCUT2D eigenvalue weighted by molar-refractivity contribution is -0.122. The number of nitrogens with zero attached hydrogens (tertiary/aromatic N) is 1. The molecule has 0 bridgehead atoms. The van der Waals surface area contributed by atoms with Crippen molar-refractivity contribution in [1.82, 2.24) is 4.90 Å². The molecule has 4 nitrogen and oxygen atoms in total. The van der Waals surface area contributed by atoms with Crippen LogP contribution in [0.2, 0.25) is 10.0 Å². The Morgan fingerprint density at radius 2 is 1.96 bits per heavy atom. The predicted octanol–water partition coefficient (Wildman–Crippen LogP) is 5.22. The van der Waals surface area contributed by atoms with Crippen LogP contribution in [0.1, 0.15) is 12.0 Å². The van der Waals surface area contributed by atoms with Gasteiger partial charge in [-0.25, -0.2) is 0 Å². The highest BCUT2D eigenvalue weighted by atomic mass is 35.5. The van der Waals surface area contributed by atoms with Crippen LogP contribution in [0.3, 0.4) is 0 Å². The number of rotatable bonds is 5. The lowest BCUT2D eigenvalue weighted by Crippen LogP contribution is -2.31. The van der Waals surface area contributed by atoms with Crippen molar-refractivity contribution in [2.24, 2.45) is 0 Å². The van der Waals surface area contributed by atoms with Crippen molar-refractivity contribution in [3.63, 3.8) is 0 Å². The summed E-state index contributed by atoms with van der Waals surface area (Å²) in [5.41, 5.74) is 1.36. The Balaban J connectivity index is 1.62. The molecule has 2 aromatic rings. The molecule has 0 saturated carbocycles. The summed E-state index contributed by atoms with van der Waals surface area (Å²) in [7, 11) is 0. The zero-order valence-corrected chi connectivity index (χ0v) is 17.1. The van der Waals surface area contributed by atoms with Crippen LogP contribution in [0.15, 0.2) is 53.4 Å². The minimum atomic E-state index is -0.222. The Hall–Kier alpha value is -1.86. The van der Waals surface area contributed by atoms with Crippen LogP contribution >= 0.6 is 47.2 Å². The summed E-state index contributed by atoms with van der Waals surface area (Å²) in [6.07, 6.45) is 1.84. The molecule has 1 fully saturated rings. The van der Waals surface area contributed by atoms with E-state index in [0.717, 1.165) is 5.56 Å². The summed E-state index contributed by atoms with van der Waals surface area (Å²) in [6, 6.07) is 14.1. The lowest BCUT2D eigenvalue weighted by Gasteiger charge is -2.14. The Morgan fingerprint density at radius 1 is 1.19 bits per heavy atom. The molecule has 1 saturated heterocycles. The van der Waals surface area contributed by atoms with Gasteiger partial charge in [0.2, 0.25) is 5.91 Å². The molecule has 1 N–H and O–H groups in total. The first-order valence-electron chi connectivity index (χ1n) is 7.99.